The number of carbonyl (C=O) groups excluding carboxylic acids is 2. The van der Waals surface area contributed by atoms with Gasteiger partial charge in [0.2, 0.25) is 0 Å². The van der Waals surface area contributed by atoms with Crippen molar-refractivity contribution in [1.29, 1.82) is 0 Å². The minimum absolute atomic E-state index is 0.111. The van der Waals surface area contributed by atoms with Crippen molar-refractivity contribution < 1.29 is 27.9 Å². The average Bonchev–Trinajstić information content (AvgIpc) is 3.64. The molecule has 8 nitrogen and oxygen atoms in total. The van der Waals surface area contributed by atoms with Crippen molar-refractivity contribution in [1.82, 2.24) is 9.88 Å². The number of ketones is 1. The number of nitrogens with zero attached hydrogens (tertiary/aromatic N) is 2. The molecule has 1 aliphatic heterocycles. The number of halogens is 1. The molecule has 1 aliphatic rings. The molecule has 1 N–H and O–H groups in total. The highest BCUT2D eigenvalue weighted by molar-refractivity contribution is 5.94. The smallest absolute Gasteiger partial charge is 0.373 e. The Morgan fingerprint density at radius 3 is 2.49 bits per heavy atom. The van der Waals surface area contributed by atoms with Crippen molar-refractivity contribution >= 4 is 28.5 Å². The first-order valence-corrected chi connectivity index (χ1v) is 12.0. The molecule has 0 spiro atoms. The normalized spacial score (nSPS) is 16.2. The molecule has 5 rings (SSSR count). The van der Waals surface area contributed by atoms with Crippen molar-refractivity contribution in [3.63, 3.8) is 0 Å². The number of ether oxygens (including phenoxy) is 2. The van der Waals surface area contributed by atoms with Gasteiger partial charge >= 0.3 is 11.9 Å². The molecule has 190 valence electrons. The quantitative estimate of drug-likeness (QED) is 0.248. The van der Waals surface area contributed by atoms with Crippen LogP contribution in [0.5, 0.6) is 5.75 Å². The Morgan fingerprint density at radius 2 is 1.78 bits per heavy atom. The zero-order chi connectivity index (χ0) is 25.8. The lowest BCUT2D eigenvalue weighted by Gasteiger charge is -2.35. The molecule has 37 heavy (non-hydrogen) atoms. The van der Waals surface area contributed by atoms with E-state index in [1.165, 1.54) is 42.7 Å². The number of Topliss-reactive ketones (excluding diaryl/α,β-unsaturated/α-hetero) is 1. The summed E-state index contributed by atoms with van der Waals surface area (Å²) in [7, 11) is 1.28. The maximum Gasteiger partial charge on any atom is 0.373 e. The second-order valence-electron chi connectivity index (χ2n) is 8.76. The number of anilines is 1. The van der Waals surface area contributed by atoms with Gasteiger partial charge in [0.25, 0.3) is 5.78 Å². The number of nitrogens with one attached hydrogen (secondary N) is 1. The lowest BCUT2D eigenvalue weighted by Crippen LogP contribution is -2.57. The van der Waals surface area contributed by atoms with Crippen molar-refractivity contribution in [2.24, 2.45) is 0 Å². The van der Waals surface area contributed by atoms with Gasteiger partial charge in [0.05, 0.1) is 12.7 Å². The summed E-state index contributed by atoms with van der Waals surface area (Å²) in [4.78, 5) is 31.5. The Morgan fingerprint density at radius 1 is 1.05 bits per heavy atom. The summed E-state index contributed by atoms with van der Waals surface area (Å²) in [6.07, 6.45) is 2.80. The first kappa shape index (κ1) is 24.5. The number of benzene rings is 3. The molecule has 0 amide bonds. The molecule has 1 saturated heterocycles. The minimum atomic E-state index is -2.77. The minimum Gasteiger partial charge on any atom is -0.465 e. The van der Waals surface area contributed by atoms with E-state index in [2.05, 4.69) is 10.3 Å². The van der Waals surface area contributed by atoms with Gasteiger partial charge in [0.1, 0.15) is 17.3 Å². The number of alkyl halides is 1. The number of esters is 1. The summed E-state index contributed by atoms with van der Waals surface area (Å²) in [5, 5.41) is 3.18. The highest BCUT2D eigenvalue weighted by Crippen LogP contribution is 2.35. The van der Waals surface area contributed by atoms with Gasteiger partial charge in [-0.2, -0.15) is 4.39 Å². The zero-order valence-corrected chi connectivity index (χ0v) is 20.2. The molecule has 3 aromatic carbocycles. The molecule has 0 aliphatic carbocycles. The van der Waals surface area contributed by atoms with Gasteiger partial charge in [-0.3, -0.25) is 4.79 Å². The van der Waals surface area contributed by atoms with Crippen LogP contribution in [0.4, 0.5) is 10.1 Å². The molecule has 2 heterocycles. The van der Waals surface area contributed by atoms with Gasteiger partial charge in [-0.05, 0) is 66.9 Å². The molecule has 9 heteroatoms. The Kier molecular flexibility index (Phi) is 6.87. The number of likely N-dealkylation sites (tertiary alicyclic amines) is 1. The fourth-order valence-electron chi connectivity index (χ4n) is 4.44. The molecular weight excluding hydrogens is 477 g/mol. The maximum atomic E-state index is 17.0. The third-order valence-electron chi connectivity index (χ3n) is 6.38. The third-order valence-corrected chi connectivity index (χ3v) is 6.38. The fraction of sp³-hybridized carbons (Fsp3) is 0.250. The predicted octanol–water partition coefficient (Wildman–Crippen LogP) is 5.13. The van der Waals surface area contributed by atoms with Crippen molar-refractivity contribution in [3.05, 3.63) is 90.3 Å². The number of methoxy groups -OCH3 is 1. The second kappa shape index (κ2) is 10.4. The molecular formula is C28H26FN3O5. The van der Waals surface area contributed by atoms with E-state index in [4.69, 9.17) is 13.9 Å². The van der Waals surface area contributed by atoms with Crippen LogP contribution in [0.3, 0.4) is 0 Å². The van der Waals surface area contributed by atoms with E-state index < -0.39 is 23.8 Å². The highest BCUT2D eigenvalue weighted by Gasteiger charge is 2.51. The van der Waals surface area contributed by atoms with Crippen LogP contribution in [0.1, 0.15) is 34.8 Å². The number of carbonyl (C=O) groups is 2. The SMILES string of the molecule is COC(=O)c1ccc(OC(F)(C(=O)C(Nc2ccccc2)c2ccc3ncoc3c2)N2CCCC2)cc1. The van der Waals surface area contributed by atoms with Crippen LogP contribution in [0.25, 0.3) is 11.1 Å². The molecule has 0 radical (unpaired) electrons. The summed E-state index contributed by atoms with van der Waals surface area (Å²) < 4.78 is 32.9. The Balaban J connectivity index is 1.53. The Hall–Kier alpha value is -4.24. The van der Waals surface area contributed by atoms with E-state index in [1.807, 2.05) is 18.2 Å². The molecule has 1 aromatic heterocycles. The summed E-state index contributed by atoms with van der Waals surface area (Å²) in [6, 6.07) is 19.0. The lowest BCUT2D eigenvalue weighted by molar-refractivity contribution is -0.192. The van der Waals surface area contributed by atoms with Crippen LogP contribution in [-0.4, -0.2) is 47.8 Å². The van der Waals surface area contributed by atoms with Gasteiger partial charge in [0.15, 0.2) is 12.0 Å². The zero-order valence-electron chi connectivity index (χ0n) is 20.2. The molecule has 4 aromatic rings. The van der Waals surface area contributed by atoms with Gasteiger partial charge in [-0.1, -0.05) is 24.3 Å². The molecule has 2 atom stereocenters. The van der Waals surface area contributed by atoms with Gasteiger partial charge < -0.3 is 19.2 Å². The number of fused-ring (bicyclic) bond motifs is 1. The highest BCUT2D eigenvalue weighted by atomic mass is 19.2. The van der Waals surface area contributed by atoms with E-state index in [0.29, 0.717) is 35.4 Å². The van der Waals surface area contributed by atoms with Gasteiger partial charge in [0, 0.05) is 18.8 Å². The summed E-state index contributed by atoms with van der Waals surface area (Å²) in [6.45, 7) is 0.726. The van der Waals surface area contributed by atoms with E-state index in [9.17, 15) is 9.59 Å². The topological polar surface area (TPSA) is 93.9 Å². The molecule has 0 bridgehead atoms. The number of hydrogen-bond donors (Lipinski definition) is 1. The third kappa shape index (κ3) is 5.03. The van der Waals surface area contributed by atoms with Gasteiger partial charge in [-0.25, -0.2) is 14.7 Å². The largest absolute Gasteiger partial charge is 0.465 e. The fourth-order valence-corrected chi connectivity index (χ4v) is 4.44. The monoisotopic (exact) mass is 503 g/mol. The van der Waals surface area contributed by atoms with E-state index in [0.717, 1.165) is 12.8 Å². The van der Waals surface area contributed by atoms with E-state index in [-0.39, 0.29) is 11.3 Å². The van der Waals surface area contributed by atoms with Crippen LogP contribution in [0.2, 0.25) is 0 Å². The predicted molar refractivity (Wildman–Crippen MR) is 135 cm³/mol. The van der Waals surface area contributed by atoms with Crippen molar-refractivity contribution in [2.45, 2.75) is 24.9 Å². The first-order valence-electron chi connectivity index (χ1n) is 12.0. The summed E-state index contributed by atoms with van der Waals surface area (Å²) in [5.41, 5.74) is 2.54. The molecule has 2 unspecified atom stereocenters. The number of hydrogen-bond acceptors (Lipinski definition) is 8. The van der Waals surface area contributed by atoms with Crippen molar-refractivity contribution in [3.8, 4) is 5.75 Å². The average molecular weight is 504 g/mol. The standard InChI is InChI=1S/C28H26FN3O5/c1-35-27(34)19-9-12-22(13-10-19)37-28(29,32-15-5-6-16-32)26(33)25(31-21-7-3-2-4-8-21)20-11-14-23-24(17-20)36-18-30-23/h2-4,7-14,17-18,25,31H,5-6,15-16H2,1H3. The van der Waals surface area contributed by atoms with Crippen LogP contribution in [0.15, 0.2) is 83.6 Å². The van der Waals surface area contributed by atoms with Crippen molar-refractivity contribution in [2.75, 3.05) is 25.5 Å². The second-order valence-corrected chi connectivity index (χ2v) is 8.76. The number of rotatable bonds is 9. The van der Waals surface area contributed by atoms with Crippen LogP contribution >= 0.6 is 0 Å². The van der Waals surface area contributed by atoms with E-state index in [1.54, 1.807) is 30.3 Å². The van der Waals surface area contributed by atoms with Gasteiger partial charge in [-0.15, -0.1) is 0 Å². The van der Waals surface area contributed by atoms with Crippen LogP contribution in [0, 0.1) is 0 Å². The summed E-state index contributed by atoms with van der Waals surface area (Å²) >= 11 is 0. The Labute approximate surface area is 213 Å². The number of aromatic nitrogens is 1. The number of para-hydroxylation sites is 1. The van der Waals surface area contributed by atoms with Crippen LogP contribution in [-0.2, 0) is 9.53 Å². The Bertz CT molecular complexity index is 1390. The van der Waals surface area contributed by atoms with E-state index >= 15 is 4.39 Å². The molecule has 1 fully saturated rings. The lowest BCUT2D eigenvalue weighted by atomic mass is 9.99. The summed E-state index contributed by atoms with van der Waals surface area (Å²) in [5.74, 6) is -4.00. The maximum absolute atomic E-state index is 17.0. The first-order chi connectivity index (χ1) is 18.0. The van der Waals surface area contributed by atoms with Crippen LogP contribution < -0.4 is 10.1 Å². The number of oxazole rings is 1. The molecule has 0 saturated carbocycles.